The highest BCUT2D eigenvalue weighted by Gasteiger charge is 2.31. The van der Waals surface area contributed by atoms with E-state index in [2.05, 4.69) is 4.90 Å². The Labute approximate surface area is 108 Å². The quantitative estimate of drug-likeness (QED) is 0.780. The van der Waals surface area contributed by atoms with Crippen molar-refractivity contribution in [3.05, 3.63) is 0 Å². The van der Waals surface area contributed by atoms with Crippen molar-refractivity contribution in [2.45, 2.75) is 25.8 Å². The fourth-order valence-corrected chi connectivity index (χ4v) is 2.36. The van der Waals surface area contributed by atoms with Gasteiger partial charge < -0.3 is 19.8 Å². The number of aliphatic carboxylic acids is 1. The lowest BCUT2D eigenvalue weighted by molar-refractivity contribution is -0.137. The van der Waals surface area contributed by atoms with Crippen molar-refractivity contribution in [1.29, 1.82) is 0 Å². The Kier molecular flexibility index (Phi) is 5.40. The lowest BCUT2D eigenvalue weighted by Gasteiger charge is -2.31. The number of carbonyl (C=O) groups excluding carboxylic acids is 1. The third-order valence-corrected chi connectivity index (χ3v) is 3.18. The number of carbonyl (C=O) groups is 2. The number of nitrogens with zero attached hydrogens (tertiary/aromatic N) is 3. The van der Waals surface area contributed by atoms with E-state index in [-0.39, 0.29) is 18.6 Å². The first kappa shape index (κ1) is 14.8. The maximum atomic E-state index is 12.3. The molecule has 1 N–H and O–H groups in total. The summed E-state index contributed by atoms with van der Waals surface area (Å²) >= 11 is 0. The molecule has 0 saturated carbocycles. The van der Waals surface area contributed by atoms with Crippen LogP contribution < -0.4 is 0 Å². The summed E-state index contributed by atoms with van der Waals surface area (Å²) in [5.41, 5.74) is 0. The van der Waals surface area contributed by atoms with E-state index in [1.807, 2.05) is 19.0 Å². The molecule has 0 aliphatic carbocycles. The lowest BCUT2D eigenvalue weighted by atomic mass is 10.2. The fraction of sp³-hybridized carbons (Fsp3) is 0.833. The molecule has 1 fully saturated rings. The predicted molar refractivity (Wildman–Crippen MR) is 68.6 cm³/mol. The second-order valence-electron chi connectivity index (χ2n) is 4.94. The van der Waals surface area contributed by atoms with Gasteiger partial charge in [0.05, 0.1) is 0 Å². The van der Waals surface area contributed by atoms with Crippen LogP contribution in [0.2, 0.25) is 0 Å². The van der Waals surface area contributed by atoms with Gasteiger partial charge in [-0.05, 0) is 33.9 Å². The average molecular weight is 257 g/mol. The Morgan fingerprint density at radius 2 is 2.06 bits per heavy atom. The molecule has 1 saturated heterocycles. The molecule has 0 radical (unpaired) electrons. The van der Waals surface area contributed by atoms with E-state index in [4.69, 9.17) is 5.11 Å². The Bertz CT molecular complexity index is 307. The van der Waals surface area contributed by atoms with Crippen molar-refractivity contribution in [3.63, 3.8) is 0 Å². The zero-order valence-electron chi connectivity index (χ0n) is 11.4. The molecule has 1 atom stereocenters. The second kappa shape index (κ2) is 6.58. The van der Waals surface area contributed by atoms with Crippen LogP contribution in [0.25, 0.3) is 0 Å². The minimum atomic E-state index is -0.964. The van der Waals surface area contributed by atoms with Crippen molar-refractivity contribution < 1.29 is 14.7 Å². The Morgan fingerprint density at radius 1 is 1.39 bits per heavy atom. The number of hydrogen-bond donors (Lipinski definition) is 1. The number of hydrogen-bond acceptors (Lipinski definition) is 3. The maximum Gasteiger partial charge on any atom is 0.323 e. The minimum absolute atomic E-state index is 0.149. The van der Waals surface area contributed by atoms with Gasteiger partial charge in [-0.15, -0.1) is 0 Å². The van der Waals surface area contributed by atoms with Gasteiger partial charge in [-0.3, -0.25) is 4.79 Å². The summed E-state index contributed by atoms with van der Waals surface area (Å²) in [6, 6.07) is 0.0552. The molecular formula is C12H23N3O3. The molecule has 0 bridgehead atoms. The molecular weight excluding hydrogens is 234 g/mol. The zero-order chi connectivity index (χ0) is 13.7. The van der Waals surface area contributed by atoms with Gasteiger partial charge in [-0.1, -0.05) is 0 Å². The molecule has 6 heteroatoms. The number of carboxylic acid groups (broad SMARTS) is 1. The van der Waals surface area contributed by atoms with Crippen molar-refractivity contribution in [2.24, 2.45) is 0 Å². The van der Waals surface area contributed by atoms with Gasteiger partial charge in [-0.25, -0.2) is 4.79 Å². The van der Waals surface area contributed by atoms with Crippen molar-refractivity contribution in [3.8, 4) is 0 Å². The molecule has 0 aromatic rings. The number of urea groups is 1. The summed E-state index contributed by atoms with van der Waals surface area (Å²) in [6.45, 7) is 3.57. The van der Waals surface area contributed by atoms with Crippen molar-refractivity contribution >= 4 is 12.0 Å². The normalized spacial score (nSPS) is 19.3. The maximum absolute atomic E-state index is 12.3. The van der Waals surface area contributed by atoms with E-state index in [9.17, 15) is 9.59 Å². The summed E-state index contributed by atoms with van der Waals surface area (Å²) in [4.78, 5) is 28.3. The van der Waals surface area contributed by atoms with Gasteiger partial charge in [0, 0.05) is 25.7 Å². The average Bonchev–Trinajstić information content (AvgIpc) is 2.71. The Balaban J connectivity index is 2.65. The van der Waals surface area contributed by atoms with Crippen molar-refractivity contribution in [2.75, 3.05) is 40.3 Å². The highest BCUT2D eigenvalue weighted by molar-refractivity contribution is 5.80. The van der Waals surface area contributed by atoms with E-state index in [1.165, 1.54) is 4.90 Å². The summed E-state index contributed by atoms with van der Waals surface area (Å²) in [5, 5.41) is 8.80. The molecule has 1 unspecified atom stereocenters. The van der Waals surface area contributed by atoms with Crippen LogP contribution in [-0.4, -0.2) is 78.1 Å². The van der Waals surface area contributed by atoms with E-state index in [1.54, 1.807) is 6.92 Å². The van der Waals surface area contributed by atoms with Crippen LogP contribution >= 0.6 is 0 Å². The lowest BCUT2D eigenvalue weighted by Crippen LogP contribution is -2.49. The monoisotopic (exact) mass is 257 g/mol. The standard InChI is InChI=1S/C12H23N3O3/c1-4-14(9-11(16)17)12(18)15-7-5-6-10(15)8-13(2)3/h10H,4-9H2,1-3H3,(H,16,17). The van der Waals surface area contributed by atoms with Crippen LogP contribution in [0.1, 0.15) is 19.8 Å². The summed E-state index contributed by atoms with van der Waals surface area (Å²) in [5.74, 6) is -0.964. The van der Waals surface area contributed by atoms with Crippen LogP contribution in [0.15, 0.2) is 0 Å². The number of rotatable bonds is 5. The molecule has 2 amide bonds. The summed E-state index contributed by atoms with van der Waals surface area (Å²) in [7, 11) is 3.96. The van der Waals surface area contributed by atoms with E-state index < -0.39 is 5.97 Å². The highest BCUT2D eigenvalue weighted by Crippen LogP contribution is 2.19. The van der Waals surface area contributed by atoms with Gasteiger partial charge in [0.25, 0.3) is 0 Å². The first-order chi connectivity index (χ1) is 8.45. The number of carboxylic acids is 1. The topological polar surface area (TPSA) is 64.1 Å². The Morgan fingerprint density at radius 3 is 2.56 bits per heavy atom. The highest BCUT2D eigenvalue weighted by atomic mass is 16.4. The first-order valence-corrected chi connectivity index (χ1v) is 6.37. The van der Waals surface area contributed by atoms with Crippen LogP contribution in [-0.2, 0) is 4.79 Å². The van der Waals surface area contributed by atoms with Crippen LogP contribution in [0.5, 0.6) is 0 Å². The molecule has 0 aromatic carbocycles. The molecule has 1 heterocycles. The molecule has 6 nitrogen and oxygen atoms in total. The molecule has 1 aliphatic heterocycles. The summed E-state index contributed by atoms with van der Waals surface area (Å²) < 4.78 is 0. The van der Waals surface area contributed by atoms with Crippen LogP contribution in [0.4, 0.5) is 4.79 Å². The first-order valence-electron chi connectivity index (χ1n) is 6.37. The van der Waals surface area contributed by atoms with Gasteiger partial charge in [0.1, 0.15) is 6.54 Å². The third kappa shape index (κ3) is 3.87. The second-order valence-corrected chi connectivity index (χ2v) is 4.94. The largest absolute Gasteiger partial charge is 0.480 e. The van der Waals surface area contributed by atoms with E-state index in [0.29, 0.717) is 6.54 Å². The smallest absolute Gasteiger partial charge is 0.323 e. The molecule has 0 aromatic heterocycles. The fourth-order valence-electron chi connectivity index (χ4n) is 2.36. The van der Waals surface area contributed by atoms with Gasteiger partial charge in [0.2, 0.25) is 0 Å². The zero-order valence-corrected chi connectivity index (χ0v) is 11.4. The third-order valence-electron chi connectivity index (χ3n) is 3.18. The van der Waals surface area contributed by atoms with Gasteiger partial charge >= 0.3 is 12.0 Å². The molecule has 0 spiro atoms. The Hall–Kier alpha value is -1.30. The summed E-state index contributed by atoms with van der Waals surface area (Å²) in [6.07, 6.45) is 1.99. The number of likely N-dealkylation sites (tertiary alicyclic amines) is 1. The van der Waals surface area contributed by atoms with Crippen LogP contribution in [0, 0.1) is 0 Å². The predicted octanol–water partition coefficient (Wildman–Crippen LogP) is 0.539. The van der Waals surface area contributed by atoms with Gasteiger partial charge in [-0.2, -0.15) is 0 Å². The molecule has 1 aliphatic rings. The minimum Gasteiger partial charge on any atom is -0.480 e. The molecule has 1 rings (SSSR count). The SMILES string of the molecule is CCN(CC(=O)O)C(=O)N1CCCC1CN(C)C. The molecule has 18 heavy (non-hydrogen) atoms. The van der Waals surface area contributed by atoms with Crippen LogP contribution in [0.3, 0.4) is 0 Å². The van der Waals surface area contributed by atoms with E-state index in [0.717, 1.165) is 25.9 Å². The number of likely N-dealkylation sites (N-methyl/N-ethyl adjacent to an activating group) is 2. The van der Waals surface area contributed by atoms with E-state index >= 15 is 0 Å². The molecule has 104 valence electrons. The van der Waals surface area contributed by atoms with Crippen molar-refractivity contribution in [1.82, 2.24) is 14.7 Å². The van der Waals surface area contributed by atoms with Gasteiger partial charge in [0.15, 0.2) is 0 Å². The number of amides is 2.